The number of para-hydroxylation sites is 1. The molecule has 0 radical (unpaired) electrons. The normalized spacial score (nSPS) is 13.2. The zero-order valence-corrected chi connectivity index (χ0v) is 14.4. The maximum Gasteiger partial charge on any atom is 0.156 e. The van der Waals surface area contributed by atoms with Crippen LogP contribution in [0.2, 0.25) is 0 Å². The first kappa shape index (κ1) is 13.9. The lowest BCUT2D eigenvalue weighted by Gasteiger charge is -2.06. The highest BCUT2D eigenvalue weighted by molar-refractivity contribution is 9.10. The Morgan fingerprint density at radius 1 is 1.08 bits per heavy atom. The Kier molecular flexibility index (Phi) is 3.03. The summed E-state index contributed by atoms with van der Waals surface area (Å²) in [5, 5.41) is 9.40. The van der Waals surface area contributed by atoms with Gasteiger partial charge in [0, 0.05) is 22.0 Å². The van der Waals surface area contributed by atoms with Gasteiger partial charge in [-0.3, -0.25) is 0 Å². The van der Waals surface area contributed by atoms with Crippen LogP contribution in [0.3, 0.4) is 0 Å². The van der Waals surface area contributed by atoms with Crippen molar-refractivity contribution in [2.75, 3.05) is 11.9 Å². The molecule has 4 nitrogen and oxygen atoms in total. The van der Waals surface area contributed by atoms with E-state index >= 15 is 0 Å². The molecule has 0 atom stereocenters. The number of aromatic nitrogens is 2. The molecule has 1 aliphatic rings. The van der Waals surface area contributed by atoms with Crippen molar-refractivity contribution in [1.29, 1.82) is 0 Å². The van der Waals surface area contributed by atoms with Crippen LogP contribution in [0.15, 0.2) is 63.5 Å². The summed E-state index contributed by atoms with van der Waals surface area (Å²) in [5.41, 5.74) is 4.07. The van der Waals surface area contributed by atoms with Crippen molar-refractivity contribution in [3.05, 3.63) is 64.6 Å². The molecular formula is C19H14BrN3O. The van der Waals surface area contributed by atoms with Gasteiger partial charge in [0.25, 0.3) is 0 Å². The Labute approximate surface area is 147 Å². The van der Waals surface area contributed by atoms with Crippen molar-refractivity contribution in [3.8, 4) is 17.1 Å². The molecular weight excluding hydrogens is 366 g/mol. The Hall–Kier alpha value is -2.53. The van der Waals surface area contributed by atoms with E-state index in [-0.39, 0.29) is 0 Å². The second-order valence-corrected chi connectivity index (χ2v) is 6.80. The Morgan fingerprint density at radius 2 is 1.92 bits per heavy atom. The smallest absolute Gasteiger partial charge is 0.156 e. The number of nitrogens with one attached hydrogen (secondary N) is 1. The van der Waals surface area contributed by atoms with E-state index in [9.17, 15) is 0 Å². The monoisotopic (exact) mass is 379 g/mol. The molecule has 118 valence electrons. The maximum atomic E-state index is 6.04. The van der Waals surface area contributed by atoms with Crippen LogP contribution in [-0.2, 0) is 6.42 Å². The lowest BCUT2D eigenvalue weighted by atomic mass is 10.1. The van der Waals surface area contributed by atoms with Crippen LogP contribution in [0.25, 0.3) is 28.1 Å². The molecule has 4 aromatic rings. The molecule has 0 spiro atoms. The fourth-order valence-corrected chi connectivity index (χ4v) is 3.50. The van der Waals surface area contributed by atoms with Gasteiger partial charge >= 0.3 is 0 Å². The third-order valence-electron chi connectivity index (χ3n) is 4.38. The van der Waals surface area contributed by atoms with Gasteiger partial charge in [0.1, 0.15) is 17.1 Å². The Bertz CT molecular complexity index is 1010. The molecule has 0 fully saturated rings. The molecule has 0 bridgehead atoms. The molecule has 0 saturated carbocycles. The van der Waals surface area contributed by atoms with Crippen LogP contribution in [0.4, 0.5) is 5.82 Å². The topological polar surface area (TPSA) is 43.0 Å². The molecule has 2 aromatic carbocycles. The van der Waals surface area contributed by atoms with Gasteiger partial charge in [-0.15, -0.1) is 0 Å². The highest BCUT2D eigenvalue weighted by Gasteiger charge is 2.25. The van der Waals surface area contributed by atoms with Gasteiger partial charge in [-0.1, -0.05) is 34.1 Å². The van der Waals surface area contributed by atoms with Gasteiger partial charge in [-0.25, -0.2) is 4.68 Å². The fraction of sp³-hybridized carbons (Fsp3) is 0.105. The zero-order valence-electron chi connectivity index (χ0n) is 12.8. The maximum absolute atomic E-state index is 6.04. The second kappa shape index (κ2) is 5.24. The number of rotatable bonds is 2. The van der Waals surface area contributed by atoms with Crippen LogP contribution in [-0.4, -0.2) is 16.3 Å². The molecule has 3 heterocycles. The fourth-order valence-electron chi connectivity index (χ4n) is 3.24. The molecule has 0 saturated heterocycles. The Morgan fingerprint density at radius 3 is 2.75 bits per heavy atom. The first-order valence-corrected chi connectivity index (χ1v) is 8.69. The van der Waals surface area contributed by atoms with E-state index in [1.54, 1.807) is 0 Å². The summed E-state index contributed by atoms with van der Waals surface area (Å²) >= 11 is 3.48. The van der Waals surface area contributed by atoms with Gasteiger partial charge in [0.2, 0.25) is 0 Å². The summed E-state index contributed by atoms with van der Waals surface area (Å²) in [4.78, 5) is 0. The lowest BCUT2D eigenvalue weighted by Crippen LogP contribution is -2.04. The number of anilines is 1. The van der Waals surface area contributed by atoms with Crippen LogP contribution in [0, 0.1) is 0 Å². The van der Waals surface area contributed by atoms with E-state index in [2.05, 4.69) is 45.5 Å². The average Bonchev–Trinajstić information content (AvgIpc) is 3.29. The van der Waals surface area contributed by atoms with E-state index in [0.29, 0.717) is 0 Å². The van der Waals surface area contributed by atoms with Crippen LogP contribution in [0.5, 0.6) is 0 Å². The minimum absolute atomic E-state index is 0.826. The number of hydrogen-bond acceptors (Lipinski definition) is 3. The molecule has 24 heavy (non-hydrogen) atoms. The highest BCUT2D eigenvalue weighted by Crippen LogP contribution is 2.36. The second-order valence-electron chi connectivity index (χ2n) is 5.89. The molecule has 0 amide bonds. The largest absolute Gasteiger partial charge is 0.454 e. The van der Waals surface area contributed by atoms with E-state index in [4.69, 9.17) is 9.52 Å². The minimum atomic E-state index is 0.826. The van der Waals surface area contributed by atoms with Gasteiger partial charge in [0.05, 0.1) is 5.69 Å². The number of halogens is 1. The average molecular weight is 380 g/mol. The van der Waals surface area contributed by atoms with Crippen LogP contribution < -0.4 is 5.32 Å². The number of benzene rings is 2. The number of nitrogens with zero attached hydrogens (tertiary/aromatic N) is 2. The molecule has 0 aliphatic carbocycles. The van der Waals surface area contributed by atoms with Gasteiger partial charge < -0.3 is 9.73 Å². The van der Waals surface area contributed by atoms with Gasteiger partial charge in [-0.2, -0.15) is 5.10 Å². The molecule has 1 aliphatic heterocycles. The van der Waals surface area contributed by atoms with Crippen molar-refractivity contribution in [2.45, 2.75) is 6.42 Å². The standard InChI is InChI=1S/C19H14BrN3O/c20-13-5-7-14(8-6-13)23-19-15(9-10-21-19)18(22-23)17-11-12-3-1-2-4-16(12)24-17/h1-8,11,21H,9-10H2. The van der Waals surface area contributed by atoms with Crippen molar-refractivity contribution in [1.82, 2.24) is 9.78 Å². The van der Waals surface area contributed by atoms with Crippen molar-refractivity contribution in [3.63, 3.8) is 0 Å². The van der Waals surface area contributed by atoms with Crippen molar-refractivity contribution in [2.24, 2.45) is 0 Å². The summed E-state index contributed by atoms with van der Waals surface area (Å²) in [6.07, 6.45) is 0.957. The zero-order chi connectivity index (χ0) is 16.1. The van der Waals surface area contributed by atoms with Crippen molar-refractivity contribution < 1.29 is 4.42 Å². The van der Waals surface area contributed by atoms with Gasteiger partial charge in [0.15, 0.2) is 5.76 Å². The van der Waals surface area contributed by atoms with E-state index in [1.807, 2.05) is 35.0 Å². The third-order valence-corrected chi connectivity index (χ3v) is 4.91. The minimum Gasteiger partial charge on any atom is -0.454 e. The van der Waals surface area contributed by atoms with Crippen LogP contribution in [0.1, 0.15) is 5.56 Å². The first-order valence-electron chi connectivity index (χ1n) is 7.90. The SMILES string of the molecule is Brc1ccc(-n2nc(-c3cc4ccccc4o3)c3c2NCC3)cc1. The summed E-state index contributed by atoms with van der Waals surface area (Å²) in [6.45, 7) is 0.928. The predicted octanol–water partition coefficient (Wildman–Crippen LogP) is 5.02. The molecule has 0 unspecified atom stereocenters. The number of furan rings is 1. The first-order chi connectivity index (χ1) is 11.8. The quantitative estimate of drug-likeness (QED) is 0.531. The van der Waals surface area contributed by atoms with E-state index < -0.39 is 0 Å². The summed E-state index contributed by atoms with van der Waals surface area (Å²) in [5.74, 6) is 1.89. The third kappa shape index (κ3) is 2.08. The number of fused-ring (bicyclic) bond motifs is 2. The predicted molar refractivity (Wildman–Crippen MR) is 98.7 cm³/mol. The summed E-state index contributed by atoms with van der Waals surface area (Å²) in [6, 6.07) is 18.3. The molecule has 5 heteroatoms. The summed E-state index contributed by atoms with van der Waals surface area (Å²) in [7, 11) is 0. The lowest BCUT2D eigenvalue weighted by molar-refractivity contribution is 0.626. The molecule has 5 rings (SSSR count). The van der Waals surface area contributed by atoms with E-state index in [0.717, 1.165) is 51.4 Å². The van der Waals surface area contributed by atoms with E-state index in [1.165, 1.54) is 5.56 Å². The van der Waals surface area contributed by atoms with Crippen molar-refractivity contribution >= 4 is 32.7 Å². The highest BCUT2D eigenvalue weighted by atomic mass is 79.9. The summed E-state index contributed by atoms with van der Waals surface area (Å²) < 4.78 is 9.06. The van der Waals surface area contributed by atoms with Gasteiger partial charge in [-0.05, 0) is 42.8 Å². The number of hydrogen-bond donors (Lipinski definition) is 1. The molecule has 1 N–H and O–H groups in total. The Balaban J connectivity index is 1.69. The molecule has 2 aromatic heterocycles. The van der Waals surface area contributed by atoms with Crippen LogP contribution >= 0.6 is 15.9 Å².